The van der Waals surface area contributed by atoms with E-state index in [1.165, 1.54) is 31.2 Å². The van der Waals surface area contributed by atoms with E-state index in [0.29, 0.717) is 12.1 Å². The number of anilines is 1. The fourth-order valence-corrected chi connectivity index (χ4v) is 3.08. The average molecular weight is 327 g/mol. The first-order valence-corrected chi connectivity index (χ1v) is 8.26. The topological polar surface area (TPSA) is 115 Å². The van der Waals surface area contributed by atoms with Crippen LogP contribution >= 0.6 is 0 Å². The molecule has 2 N–H and O–H groups in total. The van der Waals surface area contributed by atoms with Crippen LogP contribution in [-0.2, 0) is 19.6 Å². The number of hydrogen-bond acceptors (Lipinski definition) is 5. The highest BCUT2D eigenvalue weighted by molar-refractivity contribution is 7.89. The van der Waals surface area contributed by atoms with Gasteiger partial charge in [0.15, 0.2) is 0 Å². The van der Waals surface area contributed by atoms with E-state index in [-0.39, 0.29) is 10.8 Å². The molecule has 2 atom stereocenters. The lowest BCUT2D eigenvalue weighted by atomic mass is 10.0. The Morgan fingerprint density at radius 3 is 2.18 bits per heavy atom. The number of hydrogen-bond donors (Lipinski definition) is 2. The second-order valence-corrected chi connectivity index (χ2v) is 6.72. The van der Waals surface area contributed by atoms with Crippen LogP contribution in [0.4, 0.5) is 5.69 Å². The molecule has 1 amide bonds. The van der Waals surface area contributed by atoms with E-state index in [1.807, 2.05) is 0 Å². The van der Waals surface area contributed by atoms with Crippen molar-refractivity contribution in [1.29, 1.82) is 0 Å². The summed E-state index contributed by atoms with van der Waals surface area (Å²) in [6, 6.07) is 4.12. The fourth-order valence-electron chi connectivity index (χ4n) is 1.79. The van der Waals surface area contributed by atoms with Crippen molar-refractivity contribution in [3.8, 4) is 0 Å². The summed E-state index contributed by atoms with van der Waals surface area (Å²) in [7, 11) is -3.99. The first-order chi connectivity index (χ1) is 10.2. The van der Waals surface area contributed by atoms with Gasteiger partial charge in [-0.2, -0.15) is 0 Å². The van der Waals surface area contributed by atoms with Crippen LogP contribution in [0.15, 0.2) is 29.2 Å². The smallest absolute Gasteiger partial charge is 0.241 e. The molecule has 1 rings (SSSR count). The molecule has 22 heavy (non-hydrogen) atoms. The van der Waals surface area contributed by atoms with Gasteiger partial charge in [-0.25, -0.2) is 13.1 Å². The average Bonchev–Trinajstić information content (AvgIpc) is 2.43. The molecular formula is C14H19N2O5S-. The van der Waals surface area contributed by atoms with Crippen LogP contribution in [0.3, 0.4) is 0 Å². The summed E-state index contributed by atoms with van der Waals surface area (Å²) < 4.78 is 26.6. The minimum Gasteiger partial charge on any atom is -0.548 e. The third kappa shape index (κ3) is 4.81. The number of carboxylic acid groups (broad SMARTS) is 1. The van der Waals surface area contributed by atoms with Crippen LogP contribution in [0.1, 0.15) is 27.2 Å². The second-order valence-electron chi connectivity index (χ2n) is 5.01. The molecule has 0 aliphatic heterocycles. The maximum Gasteiger partial charge on any atom is 0.241 e. The zero-order valence-electron chi connectivity index (χ0n) is 12.6. The van der Waals surface area contributed by atoms with E-state index < -0.39 is 28.0 Å². The highest BCUT2D eigenvalue weighted by Gasteiger charge is 2.24. The summed E-state index contributed by atoms with van der Waals surface area (Å²) >= 11 is 0. The van der Waals surface area contributed by atoms with Gasteiger partial charge >= 0.3 is 0 Å². The van der Waals surface area contributed by atoms with Crippen molar-refractivity contribution in [2.75, 3.05) is 5.32 Å². The van der Waals surface area contributed by atoms with E-state index in [0.717, 1.165) is 0 Å². The number of amides is 1. The summed E-state index contributed by atoms with van der Waals surface area (Å²) in [4.78, 5) is 21.9. The van der Waals surface area contributed by atoms with Gasteiger partial charge in [-0.3, -0.25) is 4.79 Å². The molecule has 1 aromatic rings. The number of benzene rings is 1. The Balaban J connectivity index is 2.98. The van der Waals surface area contributed by atoms with Gasteiger partial charge in [0.1, 0.15) is 0 Å². The Hall–Kier alpha value is -1.93. The molecule has 1 aromatic carbocycles. The maximum atomic E-state index is 12.2. The Bertz CT molecular complexity index is 640. The molecule has 0 heterocycles. The molecule has 0 spiro atoms. The normalized spacial score (nSPS) is 14.1. The molecule has 0 aliphatic rings. The third-order valence-corrected chi connectivity index (χ3v) is 4.69. The van der Waals surface area contributed by atoms with Crippen molar-refractivity contribution in [3.05, 3.63) is 24.3 Å². The number of nitrogens with one attached hydrogen (secondary N) is 2. The standard InChI is InChI=1S/C14H20N2O5S/c1-4-9(2)13(14(18)19)16-22(20,21)12-7-5-11(6-8-12)15-10(3)17/h5-9,13,16H,4H2,1-3H3,(H,15,17)(H,18,19)/p-1/t9-,13-/m0/s1. The van der Waals surface area contributed by atoms with E-state index in [9.17, 15) is 23.1 Å². The van der Waals surface area contributed by atoms with Gasteiger partial charge in [0.2, 0.25) is 15.9 Å². The third-order valence-electron chi connectivity index (χ3n) is 3.23. The molecule has 0 fully saturated rings. The second kappa shape index (κ2) is 7.37. The quantitative estimate of drug-likeness (QED) is 0.736. The van der Waals surface area contributed by atoms with Gasteiger partial charge in [-0.1, -0.05) is 20.3 Å². The van der Waals surface area contributed by atoms with Crippen molar-refractivity contribution >= 4 is 27.6 Å². The molecule has 8 heteroatoms. The number of carbonyl (C=O) groups is 2. The Morgan fingerprint density at radius 1 is 1.23 bits per heavy atom. The maximum absolute atomic E-state index is 12.2. The number of sulfonamides is 1. The van der Waals surface area contributed by atoms with Gasteiger partial charge in [-0.05, 0) is 30.2 Å². The molecule has 0 saturated heterocycles. The van der Waals surface area contributed by atoms with E-state index in [4.69, 9.17) is 0 Å². The summed E-state index contributed by atoms with van der Waals surface area (Å²) in [6.07, 6.45) is 0.489. The predicted octanol–water partition coefficient (Wildman–Crippen LogP) is 0.0879. The van der Waals surface area contributed by atoms with Gasteiger partial charge in [0.05, 0.1) is 16.9 Å². The highest BCUT2D eigenvalue weighted by Crippen LogP contribution is 2.16. The van der Waals surface area contributed by atoms with Crippen LogP contribution < -0.4 is 15.1 Å². The van der Waals surface area contributed by atoms with E-state index in [1.54, 1.807) is 13.8 Å². The number of carbonyl (C=O) groups excluding carboxylic acids is 2. The first kappa shape index (κ1) is 18.1. The number of aliphatic carboxylic acids is 1. The molecule has 0 aromatic heterocycles. The zero-order valence-corrected chi connectivity index (χ0v) is 13.4. The monoisotopic (exact) mass is 327 g/mol. The molecule has 0 unspecified atom stereocenters. The van der Waals surface area contributed by atoms with Crippen molar-refractivity contribution < 1.29 is 23.1 Å². The van der Waals surface area contributed by atoms with E-state index >= 15 is 0 Å². The number of carboxylic acids is 1. The van der Waals surface area contributed by atoms with Gasteiger partial charge < -0.3 is 15.2 Å². The SMILES string of the molecule is CC[C@H](C)[C@H](NS(=O)(=O)c1ccc(NC(C)=O)cc1)C(=O)[O-]. The summed E-state index contributed by atoms with van der Waals surface area (Å²) in [5, 5.41) is 13.6. The van der Waals surface area contributed by atoms with Gasteiger partial charge in [0, 0.05) is 12.6 Å². The minimum atomic E-state index is -3.99. The molecule has 122 valence electrons. The highest BCUT2D eigenvalue weighted by atomic mass is 32.2. The molecule has 0 bridgehead atoms. The molecule has 0 aliphatic carbocycles. The summed E-state index contributed by atoms with van der Waals surface area (Å²) in [6.45, 7) is 4.72. The van der Waals surface area contributed by atoms with Crippen molar-refractivity contribution in [2.45, 2.75) is 38.1 Å². The number of rotatable bonds is 7. The summed E-state index contributed by atoms with van der Waals surface area (Å²) in [5.74, 6) is -2.14. The van der Waals surface area contributed by atoms with Crippen molar-refractivity contribution in [2.24, 2.45) is 5.92 Å². The van der Waals surface area contributed by atoms with E-state index in [2.05, 4.69) is 10.0 Å². The van der Waals surface area contributed by atoms with Crippen LogP contribution in [0, 0.1) is 5.92 Å². The predicted molar refractivity (Wildman–Crippen MR) is 79.3 cm³/mol. The lowest BCUT2D eigenvalue weighted by Gasteiger charge is -2.24. The Kier molecular flexibility index (Phi) is 6.07. The van der Waals surface area contributed by atoms with Gasteiger partial charge in [0.25, 0.3) is 0 Å². The lowest BCUT2D eigenvalue weighted by molar-refractivity contribution is -0.309. The van der Waals surface area contributed by atoms with Crippen LogP contribution in [0.25, 0.3) is 0 Å². The molecule has 0 saturated carbocycles. The lowest BCUT2D eigenvalue weighted by Crippen LogP contribution is -2.51. The zero-order chi connectivity index (χ0) is 16.9. The van der Waals surface area contributed by atoms with Crippen LogP contribution in [0.5, 0.6) is 0 Å². The minimum absolute atomic E-state index is 0.0869. The Morgan fingerprint density at radius 2 is 1.77 bits per heavy atom. The van der Waals surface area contributed by atoms with Crippen molar-refractivity contribution in [3.63, 3.8) is 0 Å². The Labute approximate surface area is 129 Å². The molecular weight excluding hydrogens is 308 g/mol. The fraction of sp³-hybridized carbons (Fsp3) is 0.429. The largest absolute Gasteiger partial charge is 0.548 e. The van der Waals surface area contributed by atoms with Crippen molar-refractivity contribution in [1.82, 2.24) is 4.72 Å². The molecule has 7 nitrogen and oxygen atoms in total. The van der Waals surface area contributed by atoms with Gasteiger partial charge in [-0.15, -0.1) is 0 Å². The molecule has 0 radical (unpaired) electrons. The van der Waals surface area contributed by atoms with Crippen LogP contribution in [-0.4, -0.2) is 26.3 Å². The van der Waals surface area contributed by atoms with Crippen LogP contribution in [0.2, 0.25) is 0 Å². The summed E-state index contributed by atoms with van der Waals surface area (Å²) in [5.41, 5.74) is 0.449. The first-order valence-electron chi connectivity index (χ1n) is 6.78.